The van der Waals surface area contributed by atoms with Crippen LogP contribution < -0.4 is 14.5 Å². The molecule has 0 fully saturated rings. The zero-order valence-corrected chi connectivity index (χ0v) is 16.8. The van der Waals surface area contributed by atoms with E-state index in [0.29, 0.717) is 34.1 Å². The summed E-state index contributed by atoms with van der Waals surface area (Å²) in [4.78, 5) is 21.3. The van der Waals surface area contributed by atoms with Gasteiger partial charge in [-0.3, -0.25) is 9.69 Å². The first-order chi connectivity index (χ1) is 14.4. The third-order valence-corrected chi connectivity index (χ3v) is 5.16. The number of anilines is 3. The average molecular weight is 402 g/mol. The molecule has 1 aliphatic heterocycles. The molecule has 4 rings (SSSR count). The van der Waals surface area contributed by atoms with Gasteiger partial charge >= 0.3 is 0 Å². The fraction of sp³-hybridized carbons (Fsp3) is 0.174. The lowest BCUT2D eigenvalue weighted by Crippen LogP contribution is -2.45. The summed E-state index contributed by atoms with van der Waals surface area (Å²) in [5, 5.41) is 9.34. The fourth-order valence-corrected chi connectivity index (χ4v) is 3.68. The van der Waals surface area contributed by atoms with Crippen molar-refractivity contribution in [1.29, 1.82) is 5.26 Å². The van der Waals surface area contributed by atoms with Crippen molar-refractivity contribution >= 4 is 23.0 Å². The van der Waals surface area contributed by atoms with Gasteiger partial charge in [0.1, 0.15) is 12.5 Å². The molecule has 1 amide bonds. The smallest absolute Gasteiger partial charge is 0.261 e. The van der Waals surface area contributed by atoms with Crippen molar-refractivity contribution in [3.8, 4) is 11.9 Å². The highest BCUT2D eigenvalue weighted by atomic mass is 19.1. The molecule has 1 aliphatic rings. The van der Waals surface area contributed by atoms with Gasteiger partial charge in [0.25, 0.3) is 5.91 Å². The van der Waals surface area contributed by atoms with Gasteiger partial charge in [-0.1, -0.05) is 0 Å². The number of amides is 1. The van der Waals surface area contributed by atoms with Crippen molar-refractivity contribution < 1.29 is 13.9 Å². The largest absolute Gasteiger partial charge is 0.481 e. The predicted molar refractivity (Wildman–Crippen MR) is 112 cm³/mol. The minimum absolute atomic E-state index is 0.194. The quantitative estimate of drug-likeness (QED) is 0.646. The number of methoxy groups -OCH3 is 1. The first-order valence-corrected chi connectivity index (χ1v) is 9.34. The molecule has 0 N–H and O–H groups in total. The van der Waals surface area contributed by atoms with E-state index >= 15 is 0 Å². The molecule has 1 aromatic heterocycles. The van der Waals surface area contributed by atoms with E-state index in [1.165, 1.54) is 19.2 Å². The Morgan fingerprint density at radius 2 is 1.80 bits per heavy atom. The summed E-state index contributed by atoms with van der Waals surface area (Å²) in [5.74, 6) is -0.0611. The van der Waals surface area contributed by atoms with Crippen LogP contribution in [0.3, 0.4) is 0 Å². The van der Waals surface area contributed by atoms with E-state index < -0.39 is 0 Å². The summed E-state index contributed by atoms with van der Waals surface area (Å²) in [7, 11) is 1.54. The number of aryl methyl sites for hydroxylation is 2. The molecular formula is C23H19FN4O2. The van der Waals surface area contributed by atoms with Crippen molar-refractivity contribution in [3.63, 3.8) is 0 Å². The predicted octanol–water partition coefficient (Wildman–Crippen LogP) is 4.47. The van der Waals surface area contributed by atoms with E-state index in [2.05, 4.69) is 11.1 Å². The van der Waals surface area contributed by atoms with Crippen LogP contribution in [0.15, 0.2) is 48.5 Å². The van der Waals surface area contributed by atoms with Gasteiger partial charge in [-0.15, -0.1) is 0 Å². The molecular weight excluding hydrogens is 383 g/mol. The highest BCUT2D eigenvalue weighted by Gasteiger charge is 2.33. The van der Waals surface area contributed by atoms with E-state index in [0.717, 1.165) is 11.3 Å². The summed E-state index contributed by atoms with van der Waals surface area (Å²) in [6.07, 6.45) is 0. The lowest BCUT2D eigenvalue weighted by atomic mass is 10.0. The molecule has 0 saturated heterocycles. The lowest BCUT2D eigenvalue weighted by Gasteiger charge is -2.39. The molecule has 2 aromatic carbocycles. The molecule has 0 atom stereocenters. The standard InChI is InChI=1S/C23H19FN4O2/c1-14-10-17(24)5-7-19(14)27-13-28(20-8-9-22(30-3)26-15(20)2)23(29)18-6-4-16(12-25)11-21(18)27/h4-11H,13H2,1-3H3. The highest BCUT2D eigenvalue weighted by molar-refractivity contribution is 6.13. The van der Waals surface area contributed by atoms with Gasteiger partial charge in [0.2, 0.25) is 5.88 Å². The molecule has 0 bridgehead atoms. The molecule has 0 spiro atoms. The van der Waals surface area contributed by atoms with Crippen LogP contribution in [-0.4, -0.2) is 24.7 Å². The number of nitrogens with zero attached hydrogens (tertiary/aromatic N) is 4. The average Bonchev–Trinajstić information content (AvgIpc) is 2.74. The molecule has 0 aliphatic carbocycles. The monoisotopic (exact) mass is 402 g/mol. The Hall–Kier alpha value is -3.92. The van der Waals surface area contributed by atoms with E-state index in [9.17, 15) is 14.4 Å². The first-order valence-electron chi connectivity index (χ1n) is 9.34. The summed E-state index contributed by atoms with van der Waals surface area (Å²) in [6.45, 7) is 3.82. The van der Waals surface area contributed by atoms with Gasteiger partial charge in [0.15, 0.2) is 0 Å². The molecule has 0 unspecified atom stereocenters. The van der Waals surface area contributed by atoms with E-state index in [4.69, 9.17) is 4.74 Å². The van der Waals surface area contributed by atoms with E-state index in [-0.39, 0.29) is 18.4 Å². The molecule has 6 nitrogen and oxygen atoms in total. The van der Waals surface area contributed by atoms with Crippen LogP contribution in [-0.2, 0) is 0 Å². The number of ether oxygens (including phenoxy) is 1. The van der Waals surface area contributed by atoms with Gasteiger partial charge in [-0.2, -0.15) is 5.26 Å². The molecule has 0 saturated carbocycles. The maximum absolute atomic E-state index is 13.7. The van der Waals surface area contributed by atoms with Crippen LogP contribution in [0, 0.1) is 31.0 Å². The maximum Gasteiger partial charge on any atom is 0.261 e. The Morgan fingerprint density at radius 1 is 1.03 bits per heavy atom. The SMILES string of the molecule is COc1ccc(N2CN(c3ccc(F)cc3C)c3cc(C#N)ccc3C2=O)c(C)n1. The van der Waals surface area contributed by atoms with Crippen LogP contribution in [0.2, 0.25) is 0 Å². The lowest BCUT2D eigenvalue weighted by molar-refractivity contribution is 0.0983. The van der Waals surface area contributed by atoms with Crippen LogP contribution in [0.1, 0.15) is 27.2 Å². The Kier molecular flexibility index (Phi) is 4.84. The van der Waals surface area contributed by atoms with E-state index in [1.807, 2.05) is 18.7 Å². The van der Waals surface area contributed by atoms with Crippen molar-refractivity contribution in [2.75, 3.05) is 23.6 Å². The van der Waals surface area contributed by atoms with Crippen molar-refractivity contribution in [3.05, 3.63) is 76.7 Å². The Bertz CT molecular complexity index is 1200. The van der Waals surface area contributed by atoms with Crippen LogP contribution in [0.25, 0.3) is 0 Å². The van der Waals surface area contributed by atoms with Crippen molar-refractivity contribution in [1.82, 2.24) is 4.98 Å². The molecule has 7 heteroatoms. The number of hydrogen-bond acceptors (Lipinski definition) is 5. The Balaban J connectivity index is 1.89. The number of nitriles is 1. The second-order valence-electron chi connectivity index (χ2n) is 7.04. The third kappa shape index (κ3) is 3.22. The van der Waals surface area contributed by atoms with Gasteiger partial charge in [-0.25, -0.2) is 9.37 Å². The third-order valence-electron chi connectivity index (χ3n) is 5.16. The maximum atomic E-state index is 13.7. The molecule has 2 heterocycles. The zero-order chi connectivity index (χ0) is 21.4. The summed E-state index contributed by atoms with van der Waals surface area (Å²) < 4.78 is 18.9. The number of pyridine rings is 1. The Labute approximate surface area is 173 Å². The number of carbonyl (C=O) groups is 1. The van der Waals surface area contributed by atoms with Crippen LogP contribution >= 0.6 is 0 Å². The highest BCUT2D eigenvalue weighted by Crippen LogP contribution is 2.38. The molecule has 30 heavy (non-hydrogen) atoms. The first kappa shape index (κ1) is 19.4. The van der Waals surface area contributed by atoms with Gasteiger partial charge in [-0.05, 0) is 61.9 Å². The van der Waals surface area contributed by atoms with Gasteiger partial charge < -0.3 is 9.64 Å². The van der Waals surface area contributed by atoms with E-state index in [1.54, 1.807) is 41.3 Å². The second kappa shape index (κ2) is 7.48. The Morgan fingerprint density at radius 3 is 2.47 bits per heavy atom. The molecule has 0 radical (unpaired) electrons. The minimum Gasteiger partial charge on any atom is -0.481 e. The minimum atomic E-state index is -0.331. The summed E-state index contributed by atoms with van der Waals surface area (Å²) in [6, 6.07) is 15.1. The number of hydrogen-bond donors (Lipinski definition) is 0. The van der Waals surface area contributed by atoms with Crippen LogP contribution in [0.5, 0.6) is 5.88 Å². The number of rotatable bonds is 3. The topological polar surface area (TPSA) is 69.5 Å². The number of benzene rings is 2. The second-order valence-corrected chi connectivity index (χ2v) is 7.04. The van der Waals surface area contributed by atoms with Crippen molar-refractivity contribution in [2.24, 2.45) is 0 Å². The van der Waals surface area contributed by atoms with Crippen LogP contribution in [0.4, 0.5) is 21.5 Å². The van der Waals surface area contributed by atoms with Gasteiger partial charge in [0.05, 0.1) is 41.4 Å². The zero-order valence-electron chi connectivity index (χ0n) is 16.8. The number of aromatic nitrogens is 1. The summed E-state index contributed by atoms with van der Waals surface area (Å²) >= 11 is 0. The van der Waals surface area contributed by atoms with Gasteiger partial charge in [0, 0.05) is 11.8 Å². The van der Waals surface area contributed by atoms with Crippen molar-refractivity contribution in [2.45, 2.75) is 13.8 Å². The number of halogens is 1. The number of fused-ring (bicyclic) bond motifs is 1. The fourth-order valence-electron chi connectivity index (χ4n) is 3.68. The normalized spacial score (nSPS) is 13.1. The molecule has 150 valence electrons. The molecule has 3 aromatic rings. The summed E-state index contributed by atoms with van der Waals surface area (Å²) in [5.41, 5.74) is 4.30. The number of carbonyl (C=O) groups excluding carboxylic acids is 1.